The van der Waals surface area contributed by atoms with Crippen LogP contribution in [-0.2, 0) is 23.2 Å². The number of phosphoric acid groups is 1. The second-order valence-corrected chi connectivity index (χ2v) is 8.17. The summed E-state index contributed by atoms with van der Waals surface area (Å²) in [6.45, 7) is 3.62. The largest absolute Gasteiger partial charge is 1.00 e. The Balaban J connectivity index is 0. The van der Waals surface area contributed by atoms with E-state index in [9.17, 15) is 19.0 Å². The van der Waals surface area contributed by atoms with Crippen molar-refractivity contribution in [2.45, 2.75) is 44.8 Å². The number of hydrogen-bond donors (Lipinski definition) is 0. The number of hydrogen-bond acceptors (Lipinski definition) is 8. The quantitative estimate of drug-likeness (QED) is 0.362. The van der Waals surface area contributed by atoms with Gasteiger partial charge in [0.05, 0.1) is 6.61 Å². The average Bonchev–Trinajstić information content (AvgIpc) is 2.42. The third kappa shape index (κ3) is 13.2. The van der Waals surface area contributed by atoms with Crippen molar-refractivity contribution in [2.75, 3.05) is 19.5 Å². The Bertz CT molecular complexity index is 383. The molecule has 2 atom stereocenters. The van der Waals surface area contributed by atoms with Crippen LogP contribution in [0.4, 0.5) is 0 Å². The third-order valence-corrected chi connectivity index (χ3v) is 5.60. The van der Waals surface area contributed by atoms with Crippen molar-refractivity contribution in [2.24, 2.45) is 0 Å². The zero-order valence-electron chi connectivity index (χ0n) is 13.5. The Kier molecular flexibility index (Phi) is 16.0. The van der Waals surface area contributed by atoms with E-state index in [1.54, 1.807) is 0 Å². The first kappa shape index (κ1) is 25.0. The van der Waals surface area contributed by atoms with Crippen LogP contribution in [-0.4, -0.2) is 35.0 Å². The van der Waals surface area contributed by atoms with Crippen LogP contribution in [0, 0.1) is 0 Å². The van der Waals surface area contributed by atoms with Gasteiger partial charge in [-0.2, -0.15) is 0 Å². The Morgan fingerprint density at radius 3 is 2.23 bits per heavy atom. The predicted molar refractivity (Wildman–Crippen MR) is 84.2 cm³/mol. The summed E-state index contributed by atoms with van der Waals surface area (Å²) in [5.41, 5.74) is 0. The maximum atomic E-state index is 11.7. The van der Waals surface area contributed by atoms with E-state index < -0.39 is 13.1 Å². The fraction of sp³-hybridized carbons (Fsp3) is 0.833. The molecule has 0 bridgehead atoms. The summed E-state index contributed by atoms with van der Waals surface area (Å²) in [4.78, 5) is 34.3. The Hall–Kier alpha value is 0.747. The minimum absolute atomic E-state index is 0. The number of thioether (sulfide) groups is 2. The van der Waals surface area contributed by atoms with Gasteiger partial charge in [0.2, 0.25) is 0 Å². The normalized spacial score (nSPS) is 14.7. The van der Waals surface area contributed by atoms with Crippen molar-refractivity contribution in [3.8, 4) is 0 Å². The third-order valence-electron chi connectivity index (χ3n) is 2.28. The SMILES string of the molecule is CCCC(=O)SC[C@H](COP(=O)([O-])OC)SC(=O)CCC.[Li+]. The van der Waals surface area contributed by atoms with E-state index in [0.717, 1.165) is 43.5 Å². The van der Waals surface area contributed by atoms with E-state index in [0.29, 0.717) is 18.6 Å². The molecule has 0 radical (unpaired) electrons. The smallest absolute Gasteiger partial charge is 0.756 e. The molecule has 0 aromatic carbocycles. The van der Waals surface area contributed by atoms with Crippen LogP contribution in [0.15, 0.2) is 0 Å². The van der Waals surface area contributed by atoms with Crippen LogP contribution < -0.4 is 23.8 Å². The van der Waals surface area contributed by atoms with E-state index >= 15 is 0 Å². The maximum Gasteiger partial charge on any atom is 1.00 e. The van der Waals surface area contributed by atoms with Crippen molar-refractivity contribution in [1.82, 2.24) is 0 Å². The van der Waals surface area contributed by atoms with Crippen LogP contribution in [0.3, 0.4) is 0 Å². The first-order chi connectivity index (χ1) is 9.84. The Morgan fingerprint density at radius 2 is 1.73 bits per heavy atom. The molecule has 124 valence electrons. The molecule has 10 heteroatoms. The fourth-order valence-corrected chi connectivity index (χ4v) is 3.95. The second kappa shape index (κ2) is 14.1. The van der Waals surface area contributed by atoms with E-state index in [2.05, 4.69) is 4.52 Å². The Morgan fingerprint density at radius 1 is 1.18 bits per heavy atom. The molecule has 0 N–H and O–H groups in total. The van der Waals surface area contributed by atoms with Gasteiger partial charge >= 0.3 is 18.9 Å². The molecule has 0 aromatic heterocycles. The van der Waals surface area contributed by atoms with Gasteiger partial charge in [-0.3, -0.25) is 14.2 Å². The molecule has 0 rings (SSSR count). The van der Waals surface area contributed by atoms with Crippen molar-refractivity contribution in [1.29, 1.82) is 0 Å². The molecule has 0 aliphatic rings. The fourth-order valence-electron chi connectivity index (χ4n) is 1.25. The molecule has 0 aliphatic heterocycles. The predicted octanol–water partition coefficient (Wildman–Crippen LogP) is -0.390. The van der Waals surface area contributed by atoms with Crippen molar-refractivity contribution >= 4 is 41.6 Å². The summed E-state index contributed by atoms with van der Waals surface area (Å²) in [5.74, 6) is 0.336. The summed E-state index contributed by atoms with van der Waals surface area (Å²) in [7, 11) is -3.30. The maximum absolute atomic E-state index is 11.7. The molecule has 0 aromatic rings. The molecule has 0 saturated carbocycles. The van der Waals surface area contributed by atoms with Gasteiger partial charge < -0.3 is 13.9 Å². The summed E-state index contributed by atoms with van der Waals surface area (Å²) in [6.07, 6.45) is 2.35. The topological polar surface area (TPSA) is 92.7 Å². The molecule has 0 aliphatic carbocycles. The van der Waals surface area contributed by atoms with Crippen molar-refractivity contribution in [3.05, 3.63) is 0 Å². The number of phosphoric ester groups is 1. The Labute approximate surface area is 152 Å². The molecule has 0 amide bonds. The van der Waals surface area contributed by atoms with Gasteiger partial charge in [0.25, 0.3) is 7.82 Å². The van der Waals surface area contributed by atoms with Crippen LogP contribution in [0.2, 0.25) is 0 Å². The second-order valence-electron chi connectivity index (χ2n) is 4.22. The minimum atomic E-state index is -4.32. The molecular weight excluding hydrogens is 342 g/mol. The molecule has 6 nitrogen and oxygen atoms in total. The van der Waals surface area contributed by atoms with Crippen molar-refractivity contribution < 1.29 is 47.0 Å². The van der Waals surface area contributed by atoms with Crippen LogP contribution in [0.25, 0.3) is 0 Å². The standard InChI is InChI=1S/C12H23O6PS2.Li/c1-4-6-11(13)20-9-10(21-12(14)7-5-2)8-18-19(15,16)17-3;/h10H,4-9H2,1-3H3,(H,15,16);/q;+1/p-1/t10-;/m0./s1. The van der Waals surface area contributed by atoms with Crippen LogP contribution in [0.5, 0.6) is 0 Å². The monoisotopic (exact) mass is 364 g/mol. The van der Waals surface area contributed by atoms with E-state index in [4.69, 9.17) is 4.52 Å². The van der Waals surface area contributed by atoms with Crippen LogP contribution >= 0.6 is 31.3 Å². The average molecular weight is 364 g/mol. The minimum Gasteiger partial charge on any atom is -0.756 e. The van der Waals surface area contributed by atoms with Gasteiger partial charge in [0, 0.05) is 31.0 Å². The van der Waals surface area contributed by atoms with E-state index in [1.165, 1.54) is 0 Å². The number of rotatable bonds is 11. The summed E-state index contributed by atoms with van der Waals surface area (Å²) < 4.78 is 20.1. The molecule has 0 heterocycles. The van der Waals surface area contributed by atoms with Gasteiger partial charge in [0.1, 0.15) is 0 Å². The summed E-state index contributed by atoms with van der Waals surface area (Å²) in [5, 5.41) is -0.400. The number of carbonyl (C=O) groups excluding carboxylic acids is 2. The van der Waals surface area contributed by atoms with Crippen molar-refractivity contribution in [3.63, 3.8) is 0 Å². The summed E-state index contributed by atoms with van der Waals surface area (Å²) >= 11 is 2.13. The summed E-state index contributed by atoms with van der Waals surface area (Å²) in [6, 6.07) is 0. The molecule has 1 unspecified atom stereocenters. The molecular formula is C12H22LiO6PS2. The van der Waals surface area contributed by atoms with Gasteiger partial charge in [-0.05, 0) is 12.8 Å². The molecule has 0 fully saturated rings. The van der Waals surface area contributed by atoms with E-state index in [1.807, 2.05) is 13.8 Å². The molecule has 0 spiro atoms. The van der Waals surface area contributed by atoms with Gasteiger partial charge in [-0.25, -0.2) is 0 Å². The van der Waals surface area contributed by atoms with E-state index in [-0.39, 0.29) is 35.7 Å². The molecule has 0 saturated heterocycles. The van der Waals surface area contributed by atoms with Gasteiger partial charge in [-0.1, -0.05) is 37.4 Å². The zero-order valence-corrected chi connectivity index (χ0v) is 16.1. The molecule has 22 heavy (non-hydrogen) atoms. The first-order valence-corrected chi connectivity index (χ1v) is 10.0. The first-order valence-electron chi connectivity index (χ1n) is 6.71. The van der Waals surface area contributed by atoms with Gasteiger partial charge in [-0.15, -0.1) is 0 Å². The van der Waals surface area contributed by atoms with Gasteiger partial charge in [0.15, 0.2) is 10.2 Å². The van der Waals surface area contributed by atoms with Crippen LogP contribution in [0.1, 0.15) is 39.5 Å². The zero-order chi connectivity index (χ0) is 16.3. The number of carbonyl (C=O) groups is 2.